The van der Waals surface area contributed by atoms with Gasteiger partial charge in [0.15, 0.2) is 0 Å². The van der Waals surface area contributed by atoms with Crippen LogP contribution >= 0.6 is 0 Å². The molecule has 3 rings (SSSR count). The molecule has 0 aliphatic heterocycles. The van der Waals surface area contributed by atoms with Crippen molar-refractivity contribution < 1.29 is 9.59 Å². The molecule has 1 fully saturated rings. The van der Waals surface area contributed by atoms with E-state index < -0.39 is 0 Å². The standard InChI is InChI=1S/C22H27N3O2/c1-15(2)17-8-6-16(7-9-17)14-24-22(27)19-4-3-5-20(19)25-21(26)18-10-12-23-13-11-18/h6-13,15,19-20H,3-5,14H2,1-2H3,(H,24,27)(H,25,26)/t19-,20+/m0/s1. The number of hydrogen-bond acceptors (Lipinski definition) is 3. The van der Waals surface area contributed by atoms with Crippen LogP contribution in [-0.2, 0) is 11.3 Å². The van der Waals surface area contributed by atoms with Gasteiger partial charge in [-0.1, -0.05) is 44.5 Å². The van der Waals surface area contributed by atoms with Gasteiger partial charge in [0.05, 0.1) is 5.92 Å². The van der Waals surface area contributed by atoms with E-state index in [0.717, 1.165) is 24.8 Å². The summed E-state index contributed by atoms with van der Waals surface area (Å²) in [5, 5.41) is 6.05. The van der Waals surface area contributed by atoms with Gasteiger partial charge in [-0.2, -0.15) is 0 Å². The lowest BCUT2D eigenvalue weighted by Gasteiger charge is -2.20. The van der Waals surface area contributed by atoms with Crippen molar-refractivity contribution in [1.82, 2.24) is 15.6 Å². The number of carbonyl (C=O) groups excluding carboxylic acids is 2. The summed E-state index contributed by atoms with van der Waals surface area (Å²) in [5.41, 5.74) is 2.95. The van der Waals surface area contributed by atoms with Gasteiger partial charge in [0.2, 0.25) is 5.91 Å². The molecule has 5 nitrogen and oxygen atoms in total. The summed E-state index contributed by atoms with van der Waals surface area (Å²) in [4.78, 5) is 28.9. The SMILES string of the molecule is CC(C)c1ccc(CNC(=O)[C@H]2CCC[C@H]2NC(=O)c2ccncc2)cc1. The minimum Gasteiger partial charge on any atom is -0.352 e. The average Bonchev–Trinajstić information content (AvgIpc) is 3.15. The van der Waals surface area contributed by atoms with E-state index in [4.69, 9.17) is 0 Å². The van der Waals surface area contributed by atoms with Gasteiger partial charge < -0.3 is 10.6 Å². The molecule has 1 aliphatic rings. The molecular formula is C22H27N3O2. The Morgan fingerprint density at radius 1 is 1.07 bits per heavy atom. The second kappa shape index (κ2) is 8.80. The summed E-state index contributed by atoms with van der Waals surface area (Å²) in [6.45, 7) is 4.84. The topological polar surface area (TPSA) is 71.1 Å². The Morgan fingerprint density at radius 3 is 2.44 bits per heavy atom. The lowest BCUT2D eigenvalue weighted by Crippen LogP contribution is -2.43. The molecule has 5 heteroatoms. The number of nitrogens with one attached hydrogen (secondary N) is 2. The molecule has 1 aromatic heterocycles. The Kier molecular flexibility index (Phi) is 6.22. The van der Waals surface area contributed by atoms with Crippen molar-refractivity contribution in [2.45, 2.75) is 51.6 Å². The molecule has 0 bridgehead atoms. The quantitative estimate of drug-likeness (QED) is 0.824. The van der Waals surface area contributed by atoms with Gasteiger partial charge in [-0.3, -0.25) is 14.6 Å². The first-order valence-corrected chi connectivity index (χ1v) is 9.62. The minimum atomic E-state index is -0.175. The number of rotatable bonds is 6. The predicted octanol–water partition coefficient (Wildman–Crippen LogP) is 3.42. The Balaban J connectivity index is 1.54. The predicted molar refractivity (Wildman–Crippen MR) is 105 cm³/mol. The molecule has 142 valence electrons. The van der Waals surface area contributed by atoms with Crippen molar-refractivity contribution in [2.75, 3.05) is 0 Å². The summed E-state index contributed by atoms with van der Waals surface area (Å²) < 4.78 is 0. The number of aromatic nitrogens is 1. The van der Waals surface area contributed by atoms with Gasteiger partial charge in [-0.25, -0.2) is 0 Å². The third kappa shape index (κ3) is 4.94. The highest BCUT2D eigenvalue weighted by molar-refractivity contribution is 5.94. The van der Waals surface area contributed by atoms with Gasteiger partial charge in [0.25, 0.3) is 5.91 Å². The summed E-state index contributed by atoms with van der Waals surface area (Å²) in [6, 6.07) is 11.6. The molecule has 0 spiro atoms. The molecule has 1 aromatic carbocycles. The number of carbonyl (C=O) groups is 2. The lowest BCUT2D eigenvalue weighted by atomic mass is 10.0. The van der Waals surface area contributed by atoms with Crippen molar-refractivity contribution in [3.8, 4) is 0 Å². The van der Waals surface area contributed by atoms with E-state index in [1.807, 2.05) is 0 Å². The number of hydrogen-bond donors (Lipinski definition) is 2. The van der Waals surface area contributed by atoms with Gasteiger partial charge in [0, 0.05) is 30.5 Å². The van der Waals surface area contributed by atoms with Crippen molar-refractivity contribution in [2.24, 2.45) is 5.92 Å². The van der Waals surface area contributed by atoms with Crippen molar-refractivity contribution in [3.63, 3.8) is 0 Å². The van der Waals surface area contributed by atoms with Gasteiger partial charge in [-0.15, -0.1) is 0 Å². The summed E-state index contributed by atoms with van der Waals surface area (Å²) in [5.74, 6) is 0.189. The van der Waals surface area contributed by atoms with Crippen LogP contribution in [0, 0.1) is 5.92 Å². The van der Waals surface area contributed by atoms with E-state index in [1.165, 1.54) is 5.56 Å². The molecule has 1 saturated carbocycles. The van der Waals surface area contributed by atoms with Crippen molar-refractivity contribution >= 4 is 11.8 Å². The summed E-state index contributed by atoms with van der Waals surface area (Å²) in [7, 11) is 0. The minimum absolute atomic E-state index is 0.0143. The lowest BCUT2D eigenvalue weighted by molar-refractivity contribution is -0.125. The highest BCUT2D eigenvalue weighted by Gasteiger charge is 2.34. The third-order valence-electron chi connectivity index (χ3n) is 5.22. The monoisotopic (exact) mass is 365 g/mol. The maximum atomic E-state index is 12.6. The van der Waals surface area contributed by atoms with Crippen LogP contribution in [0.15, 0.2) is 48.8 Å². The van der Waals surface area contributed by atoms with Crippen LogP contribution in [0.1, 0.15) is 60.5 Å². The zero-order chi connectivity index (χ0) is 19.2. The van der Waals surface area contributed by atoms with Crippen LogP contribution in [0.5, 0.6) is 0 Å². The fourth-order valence-electron chi connectivity index (χ4n) is 3.54. The van der Waals surface area contributed by atoms with Crippen LogP contribution in [0.25, 0.3) is 0 Å². The van der Waals surface area contributed by atoms with Gasteiger partial charge >= 0.3 is 0 Å². The smallest absolute Gasteiger partial charge is 0.251 e. The number of nitrogens with zero attached hydrogens (tertiary/aromatic N) is 1. The Bertz CT molecular complexity index is 772. The van der Waals surface area contributed by atoms with Crippen molar-refractivity contribution in [3.05, 3.63) is 65.5 Å². The van der Waals surface area contributed by atoms with Crippen LogP contribution in [-0.4, -0.2) is 22.8 Å². The molecule has 27 heavy (non-hydrogen) atoms. The molecule has 0 saturated heterocycles. The second-order valence-corrected chi connectivity index (χ2v) is 7.47. The third-order valence-corrected chi connectivity index (χ3v) is 5.22. The fourth-order valence-corrected chi connectivity index (χ4v) is 3.54. The van der Waals surface area contributed by atoms with E-state index in [0.29, 0.717) is 18.0 Å². The first-order chi connectivity index (χ1) is 13.0. The first-order valence-electron chi connectivity index (χ1n) is 9.62. The van der Waals surface area contributed by atoms with E-state index in [-0.39, 0.29) is 23.8 Å². The Labute approximate surface area is 160 Å². The zero-order valence-electron chi connectivity index (χ0n) is 15.9. The highest BCUT2D eigenvalue weighted by atomic mass is 16.2. The molecule has 2 atom stereocenters. The fraction of sp³-hybridized carbons (Fsp3) is 0.409. The van der Waals surface area contributed by atoms with E-state index in [2.05, 4.69) is 53.7 Å². The van der Waals surface area contributed by atoms with Crippen LogP contribution in [0.2, 0.25) is 0 Å². The van der Waals surface area contributed by atoms with Crippen LogP contribution < -0.4 is 10.6 Å². The second-order valence-electron chi connectivity index (χ2n) is 7.47. The zero-order valence-corrected chi connectivity index (χ0v) is 15.9. The highest BCUT2D eigenvalue weighted by Crippen LogP contribution is 2.26. The van der Waals surface area contributed by atoms with Crippen LogP contribution in [0.3, 0.4) is 0 Å². The van der Waals surface area contributed by atoms with E-state index in [1.54, 1.807) is 24.5 Å². The molecule has 0 radical (unpaired) electrons. The molecule has 2 amide bonds. The number of amides is 2. The first kappa shape index (κ1) is 19.1. The molecule has 1 heterocycles. The molecule has 2 aromatic rings. The summed E-state index contributed by atoms with van der Waals surface area (Å²) in [6.07, 6.45) is 5.77. The summed E-state index contributed by atoms with van der Waals surface area (Å²) >= 11 is 0. The van der Waals surface area contributed by atoms with E-state index in [9.17, 15) is 9.59 Å². The Hall–Kier alpha value is -2.69. The van der Waals surface area contributed by atoms with Crippen molar-refractivity contribution in [1.29, 1.82) is 0 Å². The largest absolute Gasteiger partial charge is 0.352 e. The maximum absolute atomic E-state index is 12.6. The van der Waals surface area contributed by atoms with E-state index >= 15 is 0 Å². The number of pyridine rings is 1. The van der Waals surface area contributed by atoms with Gasteiger partial charge in [0.1, 0.15) is 0 Å². The average molecular weight is 365 g/mol. The Morgan fingerprint density at radius 2 is 1.78 bits per heavy atom. The molecule has 1 aliphatic carbocycles. The molecule has 0 unspecified atom stereocenters. The molecular weight excluding hydrogens is 338 g/mol. The van der Waals surface area contributed by atoms with Gasteiger partial charge in [-0.05, 0) is 42.0 Å². The molecule has 2 N–H and O–H groups in total. The normalized spacial score (nSPS) is 19.1. The van der Waals surface area contributed by atoms with Crippen LogP contribution in [0.4, 0.5) is 0 Å². The maximum Gasteiger partial charge on any atom is 0.251 e. The number of benzene rings is 1.